The van der Waals surface area contributed by atoms with Crippen LogP contribution in [0.5, 0.6) is 5.88 Å². The van der Waals surface area contributed by atoms with Gasteiger partial charge in [0.15, 0.2) is 0 Å². The molecule has 1 aromatic heterocycles. The van der Waals surface area contributed by atoms with E-state index in [4.69, 9.17) is 26.2 Å². The van der Waals surface area contributed by atoms with E-state index in [2.05, 4.69) is 10.3 Å². The highest BCUT2D eigenvalue weighted by Gasteiger charge is 2.38. The number of carbonyl (C=O) groups is 2. The smallest absolute Gasteiger partial charge is 0.478 e. The third-order valence-corrected chi connectivity index (χ3v) is 4.46. The Kier molecular flexibility index (Phi) is 10.2. The van der Waals surface area contributed by atoms with Crippen molar-refractivity contribution >= 4 is 23.5 Å². The van der Waals surface area contributed by atoms with Gasteiger partial charge in [0, 0.05) is 20.2 Å². The maximum absolute atomic E-state index is 11.9. The number of pyridine rings is 1. The van der Waals surface area contributed by atoms with Gasteiger partial charge in [0.2, 0.25) is 5.88 Å². The van der Waals surface area contributed by atoms with Gasteiger partial charge in [0.25, 0.3) is 5.91 Å². The number of aliphatic carboxylic acids is 1. The first-order valence-corrected chi connectivity index (χ1v) is 9.42. The Bertz CT molecular complexity index is 681. The molecule has 2 heterocycles. The zero-order valence-electron chi connectivity index (χ0n) is 16.3. The maximum Gasteiger partial charge on any atom is 0.490 e. The Labute approximate surface area is 172 Å². The van der Waals surface area contributed by atoms with Crippen LogP contribution in [0.3, 0.4) is 0 Å². The van der Waals surface area contributed by atoms with Gasteiger partial charge in [-0.05, 0) is 50.8 Å². The molecule has 0 radical (unpaired) electrons. The lowest BCUT2D eigenvalue weighted by Gasteiger charge is -2.22. The molecule has 0 spiro atoms. The second-order valence-corrected chi connectivity index (χ2v) is 7.03. The number of alkyl halides is 3. The molecule has 1 fully saturated rings. The van der Waals surface area contributed by atoms with Crippen molar-refractivity contribution in [3.05, 3.63) is 22.8 Å². The summed E-state index contributed by atoms with van der Waals surface area (Å²) in [6, 6.07) is 3.37. The van der Waals surface area contributed by atoms with Crippen LogP contribution in [0, 0.1) is 5.92 Å². The highest BCUT2D eigenvalue weighted by atomic mass is 35.5. The monoisotopic (exact) mass is 439 g/mol. The Hall–Kier alpha value is -2.07. The van der Waals surface area contributed by atoms with Crippen LogP contribution in [-0.4, -0.2) is 66.8 Å². The van der Waals surface area contributed by atoms with E-state index < -0.39 is 12.1 Å². The van der Waals surface area contributed by atoms with E-state index in [9.17, 15) is 18.0 Å². The minimum Gasteiger partial charge on any atom is -0.478 e. The lowest BCUT2D eigenvalue weighted by atomic mass is 9.93. The Balaban J connectivity index is 0.000000516. The molecule has 1 saturated heterocycles. The average Bonchev–Trinajstić information content (AvgIpc) is 2.65. The summed E-state index contributed by atoms with van der Waals surface area (Å²) in [4.78, 5) is 26.4. The summed E-state index contributed by atoms with van der Waals surface area (Å²) >= 11 is 6.06. The van der Waals surface area contributed by atoms with E-state index in [0.29, 0.717) is 18.1 Å². The number of ether oxygens (including phenoxy) is 1. The topological polar surface area (TPSA) is 91.8 Å². The van der Waals surface area contributed by atoms with Gasteiger partial charge in [0.1, 0.15) is 5.15 Å². The third kappa shape index (κ3) is 9.31. The van der Waals surface area contributed by atoms with Crippen molar-refractivity contribution < 1.29 is 32.6 Å². The van der Waals surface area contributed by atoms with E-state index in [1.54, 1.807) is 26.2 Å². The number of piperidine rings is 1. The van der Waals surface area contributed by atoms with Gasteiger partial charge < -0.3 is 20.1 Å². The molecule has 7 nitrogen and oxygen atoms in total. The predicted octanol–water partition coefficient (Wildman–Crippen LogP) is 3.23. The van der Waals surface area contributed by atoms with Crippen molar-refractivity contribution in [1.82, 2.24) is 15.2 Å². The van der Waals surface area contributed by atoms with Crippen LogP contribution in [0.1, 0.15) is 36.0 Å². The summed E-state index contributed by atoms with van der Waals surface area (Å²) in [5.41, 5.74) is 0.397. The van der Waals surface area contributed by atoms with E-state index in [1.165, 1.54) is 24.2 Å². The van der Waals surface area contributed by atoms with Crippen LogP contribution in [-0.2, 0) is 4.79 Å². The van der Waals surface area contributed by atoms with Gasteiger partial charge >= 0.3 is 12.1 Å². The number of aromatic nitrogens is 1. The van der Waals surface area contributed by atoms with E-state index in [0.717, 1.165) is 25.4 Å². The minimum atomic E-state index is -5.08. The number of carboxylic acids is 1. The molecular weight excluding hydrogens is 415 g/mol. The van der Waals surface area contributed by atoms with Gasteiger partial charge in [-0.15, -0.1) is 0 Å². The summed E-state index contributed by atoms with van der Waals surface area (Å²) in [5, 5.41) is 10.7. The van der Waals surface area contributed by atoms with Gasteiger partial charge in [-0.1, -0.05) is 11.6 Å². The van der Waals surface area contributed by atoms with Gasteiger partial charge in [-0.3, -0.25) is 4.79 Å². The summed E-state index contributed by atoms with van der Waals surface area (Å²) in [6.45, 7) is 2.89. The number of rotatable bonds is 6. The first-order chi connectivity index (χ1) is 13.5. The van der Waals surface area contributed by atoms with Crippen molar-refractivity contribution in [1.29, 1.82) is 0 Å². The molecule has 1 aromatic rings. The number of carbonyl (C=O) groups excluding carboxylic acids is 1. The Morgan fingerprint density at radius 2 is 1.90 bits per heavy atom. The number of nitrogens with zero attached hydrogens (tertiary/aromatic N) is 2. The molecule has 2 N–H and O–H groups in total. The summed E-state index contributed by atoms with van der Waals surface area (Å²) in [7, 11) is 3.37. The Morgan fingerprint density at radius 1 is 1.31 bits per heavy atom. The minimum absolute atomic E-state index is 0.157. The summed E-state index contributed by atoms with van der Waals surface area (Å²) in [6.07, 6.45) is -0.369. The second-order valence-electron chi connectivity index (χ2n) is 6.67. The molecule has 1 aliphatic rings. The van der Waals surface area contributed by atoms with Crippen molar-refractivity contribution in [3.63, 3.8) is 0 Å². The molecule has 1 amide bonds. The van der Waals surface area contributed by atoms with E-state index in [-0.39, 0.29) is 11.1 Å². The van der Waals surface area contributed by atoms with Crippen molar-refractivity contribution in [2.45, 2.75) is 31.9 Å². The van der Waals surface area contributed by atoms with Crippen LogP contribution in [0.15, 0.2) is 12.1 Å². The quantitative estimate of drug-likeness (QED) is 0.522. The lowest BCUT2D eigenvalue weighted by Crippen LogP contribution is -2.27. The number of nitrogens with one attached hydrogen (secondary N) is 1. The average molecular weight is 440 g/mol. The fourth-order valence-corrected chi connectivity index (χ4v) is 2.84. The first-order valence-electron chi connectivity index (χ1n) is 9.04. The molecule has 29 heavy (non-hydrogen) atoms. The zero-order chi connectivity index (χ0) is 22.0. The first kappa shape index (κ1) is 25.0. The normalized spacial score (nSPS) is 14.6. The van der Waals surface area contributed by atoms with Gasteiger partial charge in [0.05, 0.1) is 12.2 Å². The number of carboxylic acid groups (broad SMARTS) is 1. The zero-order valence-corrected chi connectivity index (χ0v) is 17.0. The number of amides is 1. The summed E-state index contributed by atoms with van der Waals surface area (Å²) in [5.74, 6) is -1.63. The van der Waals surface area contributed by atoms with Gasteiger partial charge in [-0.25, -0.2) is 9.78 Å². The molecular formula is C18H25ClF3N3O4. The fraction of sp³-hybridized carbons (Fsp3) is 0.611. The highest BCUT2D eigenvalue weighted by molar-refractivity contribution is 6.32. The van der Waals surface area contributed by atoms with Crippen LogP contribution >= 0.6 is 11.6 Å². The van der Waals surface area contributed by atoms with Crippen LogP contribution in [0.4, 0.5) is 13.2 Å². The van der Waals surface area contributed by atoms with E-state index in [1.807, 2.05) is 0 Å². The maximum atomic E-state index is 11.9. The summed E-state index contributed by atoms with van der Waals surface area (Å²) < 4.78 is 37.4. The second kappa shape index (κ2) is 11.8. The van der Waals surface area contributed by atoms with Crippen molar-refractivity contribution in [3.8, 4) is 5.88 Å². The molecule has 0 unspecified atom stereocenters. The van der Waals surface area contributed by atoms with Crippen molar-refractivity contribution in [2.75, 3.05) is 33.8 Å². The SMILES string of the molecule is CN(C)C(=O)c1ccc(OCCCC2CCNCC2)nc1Cl.O=C(O)C(F)(F)F. The number of hydrogen-bond acceptors (Lipinski definition) is 5. The largest absolute Gasteiger partial charge is 0.490 e. The standard InChI is InChI=1S/C16H24ClN3O2.C2HF3O2/c1-20(2)16(21)13-5-6-14(19-15(13)17)22-11-3-4-12-7-9-18-10-8-12;3-2(4,5)1(6)7/h5-6,12,18H,3-4,7-11H2,1-2H3;(H,6,7). The molecule has 164 valence electrons. The third-order valence-electron chi connectivity index (χ3n) is 4.17. The van der Waals surface area contributed by atoms with Gasteiger partial charge in [-0.2, -0.15) is 13.2 Å². The molecule has 0 atom stereocenters. The highest BCUT2D eigenvalue weighted by Crippen LogP contribution is 2.21. The van der Waals surface area contributed by atoms with Crippen LogP contribution in [0.25, 0.3) is 0 Å². The van der Waals surface area contributed by atoms with E-state index >= 15 is 0 Å². The molecule has 1 aliphatic heterocycles. The molecule has 0 bridgehead atoms. The molecule has 0 saturated carbocycles. The number of halogens is 4. The molecule has 11 heteroatoms. The predicted molar refractivity (Wildman–Crippen MR) is 101 cm³/mol. The number of hydrogen-bond donors (Lipinski definition) is 2. The van der Waals surface area contributed by atoms with Crippen LogP contribution < -0.4 is 10.1 Å². The lowest BCUT2D eigenvalue weighted by molar-refractivity contribution is -0.192. The van der Waals surface area contributed by atoms with Crippen molar-refractivity contribution in [2.24, 2.45) is 5.92 Å². The van der Waals surface area contributed by atoms with Crippen LogP contribution in [0.2, 0.25) is 5.15 Å². The molecule has 0 aromatic carbocycles. The molecule has 0 aliphatic carbocycles. The Morgan fingerprint density at radius 3 is 2.38 bits per heavy atom. The fourth-order valence-electron chi connectivity index (χ4n) is 2.62. The molecule has 2 rings (SSSR count).